The molecule has 1 aromatic heterocycles. The van der Waals surface area contributed by atoms with Crippen molar-refractivity contribution in [3.63, 3.8) is 0 Å². The van der Waals surface area contributed by atoms with Crippen LogP contribution in [0, 0.1) is 5.92 Å². The van der Waals surface area contributed by atoms with Gasteiger partial charge in [0.2, 0.25) is 0 Å². The number of rotatable bonds is 4. The summed E-state index contributed by atoms with van der Waals surface area (Å²) >= 11 is 0. The summed E-state index contributed by atoms with van der Waals surface area (Å²) in [6, 6.07) is 0. The van der Waals surface area contributed by atoms with Crippen LogP contribution in [0.3, 0.4) is 0 Å². The molecule has 3 N–H and O–H groups in total. The highest BCUT2D eigenvalue weighted by Crippen LogP contribution is 2.14. The molecule has 0 aliphatic rings. The Balaban J connectivity index is 2.71. The van der Waals surface area contributed by atoms with Gasteiger partial charge in [0.25, 0.3) is 5.91 Å². The number of aryl methyl sites for hydroxylation is 1. The second kappa shape index (κ2) is 4.79. The van der Waals surface area contributed by atoms with Gasteiger partial charge in [-0.1, -0.05) is 13.8 Å². The van der Waals surface area contributed by atoms with Crippen molar-refractivity contribution >= 4 is 5.91 Å². The van der Waals surface area contributed by atoms with E-state index in [1.807, 2.05) is 13.8 Å². The number of nitrogens with zero attached hydrogens (tertiary/aromatic N) is 2. The van der Waals surface area contributed by atoms with Crippen LogP contribution in [0.25, 0.3) is 0 Å². The zero-order valence-corrected chi connectivity index (χ0v) is 9.10. The third kappa shape index (κ3) is 2.95. The number of carbonyl (C=O) groups excluding carboxylic acids is 1. The summed E-state index contributed by atoms with van der Waals surface area (Å²) < 4.78 is 7.08. The van der Waals surface area contributed by atoms with E-state index in [1.165, 1.54) is 0 Å². The molecule has 1 rings (SSSR count). The van der Waals surface area contributed by atoms with E-state index in [1.54, 1.807) is 24.1 Å². The van der Waals surface area contributed by atoms with E-state index < -0.39 is 6.10 Å². The Hall–Kier alpha value is -1.56. The van der Waals surface area contributed by atoms with Crippen LogP contribution in [0.4, 0.5) is 0 Å². The average molecular weight is 212 g/mol. The lowest BCUT2D eigenvalue weighted by molar-refractivity contribution is -0.129. The van der Waals surface area contributed by atoms with Crippen molar-refractivity contribution in [1.82, 2.24) is 15.2 Å². The monoisotopic (exact) mass is 212 g/mol. The third-order valence-electron chi connectivity index (χ3n) is 1.95. The molecule has 6 heteroatoms. The number of ether oxygens (including phenoxy) is 1. The molecule has 0 fully saturated rings. The van der Waals surface area contributed by atoms with Gasteiger partial charge in [-0.3, -0.25) is 14.9 Å². The maximum absolute atomic E-state index is 11.4. The summed E-state index contributed by atoms with van der Waals surface area (Å²) in [5.41, 5.74) is 2.08. The van der Waals surface area contributed by atoms with E-state index in [4.69, 9.17) is 10.6 Å². The maximum atomic E-state index is 11.4. The van der Waals surface area contributed by atoms with E-state index in [0.29, 0.717) is 5.75 Å². The van der Waals surface area contributed by atoms with Gasteiger partial charge in [0.15, 0.2) is 11.9 Å². The second-order valence-corrected chi connectivity index (χ2v) is 3.64. The molecule has 0 spiro atoms. The summed E-state index contributed by atoms with van der Waals surface area (Å²) in [4.78, 5) is 11.4. The molecular weight excluding hydrogens is 196 g/mol. The van der Waals surface area contributed by atoms with Crippen molar-refractivity contribution in [3.05, 3.63) is 12.4 Å². The minimum Gasteiger partial charge on any atom is -0.477 e. The van der Waals surface area contributed by atoms with E-state index in [9.17, 15) is 4.79 Å². The van der Waals surface area contributed by atoms with Crippen LogP contribution in [0.1, 0.15) is 13.8 Å². The Labute approximate surface area is 88.4 Å². The topological polar surface area (TPSA) is 82.2 Å². The first-order valence-corrected chi connectivity index (χ1v) is 4.70. The van der Waals surface area contributed by atoms with Gasteiger partial charge in [-0.25, -0.2) is 5.84 Å². The van der Waals surface area contributed by atoms with Crippen LogP contribution in [-0.2, 0) is 11.8 Å². The standard InChI is InChI=1S/C9H16N4O2/c1-6(2)8(9(14)12-10)15-7-4-11-13(3)5-7/h4-6,8H,10H2,1-3H3,(H,12,14). The molecule has 1 atom stereocenters. The molecule has 0 aliphatic heterocycles. The lowest BCUT2D eigenvalue weighted by Gasteiger charge is -2.19. The minimum atomic E-state index is -0.598. The fourth-order valence-electron chi connectivity index (χ4n) is 1.18. The minimum absolute atomic E-state index is 0.0359. The number of hydrogen-bond donors (Lipinski definition) is 2. The van der Waals surface area contributed by atoms with Crippen molar-refractivity contribution in [3.8, 4) is 5.75 Å². The van der Waals surface area contributed by atoms with Crippen LogP contribution in [0.2, 0.25) is 0 Å². The SMILES string of the molecule is CC(C)C(Oc1cnn(C)c1)C(=O)NN. The Morgan fingerprint density at radius 1 is 1.67 bits per heavy atom. The van der Waals surface area contributed by atoms with E-state index >= 15 is 0 Å². The van der Waals surface area contributed by atoms with Gasteiger partial charge in [0.05, 0.1) is 12.4 Å². The van der Waals surface area contributed by atoms with Crippen LogP contribution < -0.4 is 16.0 Å². The highest BCUT2D eigenvalue weighted by molar-refractivity contribution is 5.80. The molecule has 6 nitrogen and oxygen atoms in total. The van der Waals surface area contributed by atoms with E-state index in [0.717, 1.165) is 0 Å². The van der Waals surface area contributed by atoms with Gasteiger partial charge in [-0.15, -0.1) is 0 Å². The molecule has 0 aliphatic carbocycles. The number of aromatic nitrogens is 2. The number of carbonyl (C=O) groups is 1. The second-order valence-electron chi connectivity index (χ2n) is 3.64. The number of amides is 1. The van der Waals surface area contributed by atoms with Gasteiger partial charge < -0.3 is 4.74 Å². The van der Waals surface area contributed by atoms with Crippen LogP contribution in [-0.4, -0.2) is 21.8 Å². The summed E-state index contributed by atoms with van der Waals surface area (Å²) in [6.07, 6.45) is 2.65. The summed E-state index contributed by atoms with van der Waals surface area (Å²) in [7, 11) is 1.78. The molecule has 0 aromatic carbocycles. The number of nitrogens with two attached hydrogens (primary N) is 1. The number of nitrogens with one attached hydrogen (secondary N) is 1. The highest BCUT2D eigenvalue weighted by atomic mass is 16.5. The molecule has 1 unspecified atom stereocenters. The Morgan fingerprint density at radius 3 is 2.73 bits per heavy atom. The largest absolute Gasteiger partial charge is 0.477 e. The normalized spacial score (nSPS) is 12.6. The number of hydrazine groups is 1. The third-order valence-corrected chi connectivity index (χ3v) is 1.95. The fourth-order valence-corrected chi connectivity index (χ4v) is 1.18. The van der Waals surface area contributed by atoms with Gasteiger partial charge in [0.1, 0.15) is 0 Å². The van der Waals surface area contributed by atoms with Crippen molar-refractivity contribution in [2.75, 3.05) is 0 Å². The Morgan fingerprint density at radius 2 is 2.33 bits per heavy atom. The lowest BCUT2D eigenvalue weighted by Crippen LogP contribution is -2.44. The molecule has 0 saturated heterocycles. The van der Waals surface area contributed by atoms with Crippen molar-refractivity contribution in [2.45, 2.75) is 20.0 Å². The van der Waals surface area contributed by atoms with Crippen LogP contribution >= 0.6 is 0 Å². The molecule has 1 heterocycles. The molecule has 84 valence electrons. The number of hydrogen-bond acceptors (Lipinski definition) is 4. The lowest BCUT2D eigenvalue weighted by atomic mass is 10.1. The molecule has 0 bridgehead atoms. The molecule has 0 radical (unpaired) electrons. The summed E-state index contributed by atoms with van der Waals surface area (Å²) in [5, 5.41) is 3.94. The van der Waals surface area contributed by atoms with Crippen LogP contribution in [0.5, 0.6) is 5.75 Å². The molecular formula is C9H16N4O2. The van der Waals surface area contributed by atoms with Gasteiger partial charge in [-0.05, 0) is 5.92 Å². The van der Waals surface area contributed by atoms with Crippen molar-refractivity contribution in [1.29, 1.82) is 0 Å². The quantitative estimate of drug-likeness (QED) is 0.412. The first-order chi connectivity index (χ1) is 7.04. The van der Waals surface area contributed by atoms with Gasteiger partial charge in [0, 0.05) is 7.05 Å². The predicted octanol–water partition coefficient (Wildman–Crippen LogP) is -0.187. The molecule has 1 aromatic rings. The zero-order valence-electron chi connectivity index (χ0n) is 9.10. The molecule has 1 amide bonds. The van der Waals surface area contributed by atoms with Gasteiger partial charge >= 0.3 is 0 Å². The Bertz CT molecular complexity index is 335. The summed E-state index contributed by atoms with van der Waals surface area (Å²) in [6.45, 7) is 3.77. The van der Waals surface area contributed by atoms with E-state index in [-0.39, 0.29) is 11.8 Å². The van der Waals surface area contributed by atoms with Gasteiger partial charge in [-0.2, -0.15) is 5.10 Å². The summed E-state index contributed by atoms with van der Waals surface area (Å²) in [5.74, 6) is 5.32. The average Bonchev–Trinajstić information content (AvgIpc) is 2.59. The molecule has 15 heavy (non-hydrogen) atoms. The van der Waals surface area contributed by atoms with Crippen molar-refractivity contribution < 1.29 is 9.53 Å². The van der Waals surface area contributed by atoms with E-state index in [2.05, 4.69) is 10.5 Å². The Kier molecular flexibility index (Phi) is 3.68. The highest BCUT2D eigenvalue weighted by Gasteiger charge is 2.23. The maximum Gasteiger partial charge on any atom is 0.275 e. The smallest absolute Gasteiger partial charge is 0.275 e. The first-order valence-electron chi connectivity index (χ1n) is 4.70. The zero-order chi connectivity index (χ0) is 11.4. The fraction of sp³-hybridized carbons (Fsp3) is 0.556. The molecule has 0 saturated carbocycles. The first kappa shape index (κ1) is 11.5. The van der Waals surface area contributed by atoms with Crippen molar-refractivity contribution in [2.24, 2.45) is 18.8 Å². The van der Waals surface area contributed by atoms with Crippen LogP contribution in [0.15, 0.2) is 12.4 Å². The predicted molar refractivity (Wildman–Crippen MR) is 54.8 cm³/mol.